The van der Waals surface area contributed by atoms with Crippen LogP contribution in [0.4, 0.5) is 0 Å². The first-order valence-electron chi connectivity index (χ1n) is 12.0. The van der Waals surface area contributed by atoms with E-state index in [1.165, 1.54) is 43.5 Å². The number of rotatable bonds is 4. The molecule has 0 aromatic heterocycles. The van der Waals surface area contributed by atoms with Gasteiger partial charge in [0.05, 0.1) is 17.5 Å². The van der Waals surface area contributed by atoms with E-state index in [1.54, 1.807) is 14.2 Å². The van der Waals surface area contributed by atoms with Crippen LogP contribution in [0.15, 0.2) is 10.3 Å². The molecule has 0 spiro atoms. The van der Waals surface area contributed by atoms with E-state index in [1.807, 2.05) is 0 Å². The van der Waals surface area contributed by atoms with Gasteiger partial charge >= 0.3 is 0 Å². The highest BCUT2D eigenvalue weighted by Crippen LogP contribution is 2.66. The average Bonchev–Trinajstić information content (AvgIpc) is 2.98. The number of nitrogens with zero attached hydrogens (tertiary/aromatic N) is 2. The third kappa shape index (κ3) is 3.66. The molecule has 0 amide bonds. The van der Waals surface area contributed by atoms with Crippen LogP contribution in [0.3, 0.4) is 0 Å². The van der Waals surface area contributed by atoms with Gasteiger partial charge in [0.15, 0.2) is 8.32 Å². The number of hydrogen-bond donors (Lipinski definition) is 0. The maximum atomic E-state index is 6.75. The molecule has 0 bridgehead atoms. The summed E-state index contributed by atoms with van der Waals surface area (Å²) in [5.41, 5.74) is 3.06. The van der Waals surface area contributed by atoms with Gasteiger partial charge in [0.25, 0.3) is 0 Å². The highest BCUT2D eigenvalue weighted by Gasteiger charge is 2.62. The summed E-state index contributed by atoms with van der Waals surface area (Å²) in [5.74, 6) is 2.65. The zero-order valence-electron chi connectivity index (χ0n) is 20.2. The van der Waals surface area contributed by atoms with Crippen molar-refractivity contribution in [2.45, 2.75) is 91.0 Å². The topological polar surface area (TPSA) is 52.4 Å². The van der Waals surface area contributed by atoms with Crippen molar-refractivity contribution in [2.75, 3.05) is 14.2 Å². The first-order chi connectivity index (χ1) is 14.1. The first kappa shape index (κ1) is 22.3. The van der Waals surface area contributed by atoms with E-state index in [0.717, 1.165) is 31.1 Å². The minimum absolute atomic E-state index is 0.284. The average molecular weight is 435 g/mol. The molecule has 0 aliphatic heterocycles. The van der Waals surface area contributed by atoms with Gasteiger partial charge < -0.3 is 14.1 Å². The molecule has 7 atom stereocenters. The van der Waals surface area contributed by atoms with E-state index >= 15 is 0 Å². The number of hydrogen-bond acceptors (Lipinski definition) is 5. The van der Waals surface area contributed by atoms with Gasteiger partial charge in [-0.15, -0.1) is 0 Å². The predicted octanol–water partition coefficient (Wildman–Crippen LogP) is 5.86. The maximum absolute atomic E-state index is 6.75. The van der Waals surface area contributed by atoms with Gasteiger partial charge in [0.2, 0.25) is 0 Å². The Bertz CT molecular complexity index is 718. The van der Waals surface area contributed by atoms with Crippen LogP contribution in [0, 0.1) is 34.5 Å². The third-order valence-corrected chi connectivity index (χ3v) is 10.1. The van der Waals surface area contributed by atoms with Crippen LogP contribution in [-0.2, 0) is 14.1 Å². The van der Waals surface area contributed by atoms with Crippen molar-refractivity contribution >= 4 is 19.7 Å². The summed E-state index contributed by atoms with van der Waals surface area (Å²) in [6, 6.07) is 0. The molecule has 30 heavy (non-hydrogen) atoms. The Morgan fingerprint density at radius 2 is 1.57 bits per heavy atom. The Morgan fingerprint density at radius 1 is 0.867 bits per heavy atom. The predicted molar refractivity (Wildman–Crippen MR) is 124 cm³/mol. The van der Waals surface area contributed by atoms with Crippen molar-refractivity contribution in [1.82, 2.24) is 0 Å². The lowest BCUT2D eigenvalue weighted by Crippen LogP contribution is -2.57. The summed E-state index contributed by atoms with van der Waals surface area (Å²) in [6.07, 6.45) is 9.91. The van der Waals surface area contributed by atoms with E-state index in [4.69, 9.17) is 14.1 Å². The molecule has 6 heteroatoms. The number of oxime groups is 2. The van der Waals surface area contributed by atoms with Crippen molar-refractivity contribution < 1.29 is 14.1 Å². The van der Waals surface area contributed by atoms with Crippen LogP contribution < -0.4 is 0 Å². The van der Waals surface area contributed by atoms with E-state index in [-0.39, 0.29) is 5.41 Å². The normalized spacial score (nSPS) is 46.3. The quantitative estimate of drug-likeness (QED) is 0.411. The second-order valence-electron chi connectivity index (χ2n) is 11.8. The lowest BCUT2D eigenvalue weighted by atomic mass is 9.44. The van der Waals surface area contributed by atoms with Crippen molar-refractivity contribution in [3.8, 4) is 0 Å². The standard InChI is InChI=1S/C24H42N2O3Si/c1-23-12-10-16(25-27-3)14-20(23)21(26-28-4)15-17-18-8-9-22(29-30(5,6)7)24(18,2)13-11-19(17)23/h17-20,22H,8-15H2,1-7H3/b25-16+,26-21-/t17-,18-,19-,20+,22-,23+,24-/m0/s1. The van der Waals surface area contributed by atoms with Crippen LogP contribution in [0.25, 0.3) is 0 Å². The summed E-state index contributed by atoms with van der Waals surface area (Å²) in [5, 5.41) is 8.93. The molecule has 4 aliphatic rings. The van der Waals surface area contributed by atoms with Gasteiger partial charge in [-0.2, -0.15) is 0 Å². The maximum Gasteiger partial charge on any atom is 0.184 e. The summed E-state index contributed by atoms with van der Waals surface area (Å²) in [7, 11) is 1.81. The zero-order chi connectivity index (χ0) is 21.7. The Hall–Kier alpha value is -0.883. The lowest BCUT2D eigenvalue weighted by molar-refractivity contribution is -0.0813. The van der Waals surface area contributed by atoms with Gasteiger partial charge in [-0.3, -0.25) is 0 Å². The molecule has 0 heterocycles. The fourth-order valence-electron chi connectivity index (χ4n) is 7.88. The van der Waals surface area contributed by atoms with Crippen molar-refractivity contribution in [3.05, 3.63) is 0 Å². The van der Waals surface area contributed by atoms with Crippen molar-refractivity contribution in [1.29, 1.82) is 0 Å². The van der Waals surface area contributed by atoms with Gasteiger partial charge in [-0.1, -0.05) is 24.2 Å². The Balaban J connectivity index is 1.64. The highest BCUT2D eigenvalue weighted by molar-refractivity contribution is 6.69. The first-order valence-corrected chi connectivity index (χ1v) is 15.4. The van der Waals surface area contributed by atoms with Crippen LogP contribution in [0.2, 0.25) is 19.6 Å². The monoisotopic (exact) mass is 434 g/mol. The molecular formula is C24H42N2O3Si. The minimum Gasteiger partial charge on any atom is -0.414 e. The van der Waals surface area contributed by atoms with Crippen LogP contribution in [0.5, 0.6) is 0 Å². The molecule has 0 aromatic carbocycles. The van der Waals surface area contributed by atoms with E-state index < -0.39 is 8.32 Å². The minimum atomic E-state index is -1.54. The van der Waals surface area contributed by atoms with Gasteiger partial charge in [-0.05, 0) is 99.6 Å². The lowest BCUT2D eigenvalue weighted by Gasteiger charge is -2.60. The molecule has 0 aromatic rings. The fourth-order valence-corrected chi connectivity index (χ4v) is 9.12. The molecular weight excluding hydrogens is 392 g/mol. The third-order valence-electron chi connectivity index (χ3n) is 9.16. The van der Waals surface area contributed by atoms with Crippen LogP contribution in [0.1, 0.15) is 65.2 Å². The summed E-state index contributed by atoms with van der Waals surface area (Å²) >= 11 is 0. The largest absolute Gasteiger partial charge is 0.414 e. The van der Waals surface area contributed by atoms with Gasteiger partial charge in [0, 0.05) is 5.92 Å². The van der Waals surface area contributed by atoms with Crippen LogP contribution in [-0.4, -0.2) is 40.1 Å². The van der Waals surface area contributed by atoms with Gasteiger partial charge in [-0.25, -0.2) is 0 Å². The molecule has 0 unspecified atom stereocenters. The van der Waals surface area contributed by atoms with Crippen molar-refractivity contribution in [2.24, 2.45) is 44.8 Å². The molecule has 0 saturated heterocycles. The van der Waals surface area contributed by atoms with Gasteiger partial charge in [0.1, 0.15) is 14.2 Å². The Morgan fingerprint density at radius 3 is 2.23 bits per heavy atom. The Kier molecular flexibility index (Phi) is 5.89. The SMILES string of the molecule is CO/N=C1/C[C@@H]2[C@H](CC[C@]3(C)[C@@H](O[Si](C)(C)C)CC[C@@H]23)[C@@]2(C)CC/C(=N\OC)C[C@H]12. The molecule has 170 valence electrons. The molecule has 4 saturated carbocycles. The summed E-state index contributed by atoms with van der Waals surface area (Å²) in [6.45, 7) is 12.1. The second-order valence-corrected chi connectivity index (χ2v) is 16.2. The van der Waals surface area contributed by atoms with Crippen LogP contribution >= 0.6 is 0 Å². The fraction of sp³-hybridized carbons (Fsp3) is 0.917. The molecule has 5 nitrogen and oxygen atoms in total. The number of fused-ring (bicyclic) bond motifs is 5. The molecule has 0 N–H and O–H groups in total. The summed E-state index contributed by atoms with van der Waals surface area (Å²) in [4.78, 5) is 10.5. The van der Waals surface area contributed by atoms with E-state index in [9.17, 15) is 0 Å². The molecule has 4 aliphatic carbocycles. The van der Waals surface area contributed by atoms with Crippen molar-refractivity contribution in [3.63, 3.8) is 0 Å². The molecule has 4 fully saturated rings. The zero-order valence-corrected chi connectivity index (χ0v) is 21.2. The highest BCUT2D eigenvalue weighted by atomic mass is 28.4. The van der Waals surface area contributed by atoms with E-state index in [0.29, 0.717) is 23.4 Å². The molecule has 4 rings (SSSR count). The van der Waals surface area contributed by atoms with E-state index in [2.05, 4.69) is 43.8 Å². The molecule has 0 radical (unpaired) electrons. The Labute approximate surface area is 184 Å². The summed E-state index contributed by atoms with van der Waals surface area (Å²) < 4.78 is 6.75. The smallest absolute Gasteiger partial charge is 0.184 e. The second kappa shape index (κ2) is 7.91.